The molecule has 0 atom stereocenters. The third-order valence-electron chi connectivity index (χ3n) is 3.14. The number of nitrogens with zero attached hydrogens (tertiary/aromatic N) is 2. The largest absolute Gasteiger partial charge is 0.333 e. The van der Waals surface area contributed by atoms with Crippen molar-refractivity contribution in [1.82, 2.24) is 9.88 Å². The maximum Gasteiger partial charge on any atom is 0.245 e. The molecule has 0 aliphatic heterocycles. The van der Waals surface area contributed by atoms with Gasteiger partial charge >= 0.3 is 0 Å². The second-order valence-electron chi connectivity index (χ2n) is 5.01. The normalized spacial score (nSPS) is 10.4. The molecule has 1 aromatic heterocycles. The maximum absolute atomic E-state index is 12.2. The second kappa shape index (κ2) is 10.3. The molecule has 0 aliphatic carbocycles. The van der Waals surface area contributed by atoms with E-state index in [1.165, 1.54) is 11.3 Å². The first kappa shape index (κ1) is 17.6. The number of carbonyl (C=O) groups excluding carboxylic acids is 2. The molecule has 1 aromatic rings. The van der Waals surface area contributed by atoms with Crippen LogP contribution in [0.2, 0.25) is 0 Å². The lowest BCUT2D eigenvalue weighted by Crippen LogP contribution is -2.38. The maximum atomic E-state index is 12.2. The predicted molar refractivity (Wildman–Crippen MR) is 86.4 cm³/mol. The quantitative estimate of drug-likeness (QED) is 0.674. The standard InChI is InChI=1S/C15H25N3O2S/c1-3-5-7-10-18(14(20)8-6-4-2)12-13(19)17-15-16-9-11-21-15/h9,11H,3-8,10,12H2,1-2H3,(H,16,17,19). The Morgan fingerprint density at radius 2 is 2.00 bits per heavy atom. The zero-order chi connectivity index (χ0) is 15.5. The zero-order valence-corrected chi connectivity index (χ0v) is 13.7. The molecule has 0 saturated heterocycles. The molecule has 0 aromatic carbocycles. The Bertz CT molecular complexity index is 421. The van der Waals surface area contributed by atoms with Crippen molar-refractivity contribution in [3.05, 3.63) is 11.6 Å². The smallest absolute Gasteiger partial charge is 0.245 e. The highest BCUT2D eigenvalue weighted by molar-refractivity contribution is 7.13. The summed E-state index contributed by atoms with van der Waals surface area (Å²) in [5.41, 5.74) is 0. The summed E-state index contributed by atoms with van der Waals surface area (Å²) >= 11 is 1.38. The lowest BCUT2D eigenvalue weighted by Gasteiger charge is -2.22. The number of anilines is 1. The van der Waals surface area contributed by atoms with Crippen LogP contribution in [-0.4, -0.2) is 34.8 Å². The number of hydrogen-bond acceptors (Lipinski definition) is 4. The van der Waals surface area contributed by atoms with Crippen LogP contribution in [0.3, 0.4) is 0 Å². The van der Waals surface area contributed by atoms with Gasteiger partial charge in [-0.25, -0.2) is 4.98 Å². The van der Waals surface area contributed by atoms with Gasteiger partial charge < -0.3 is 10.2 Å². The van der Waals surface area contributed by atoms with Crippen LogP contribution >= 0.6 is 11.3 Å². The van der Waals surface area contributed by atoms with Gasteiger partial charge in [0.25, 0.3) is 0 Å². The summed E-state index contributed by atoms with van der Waals surface area (Å²) in [6.45, 7) is 4.95. The molecular weight excluding hydrogens is 286 g/mol. The van der Waals surface area contributed by atoms with Crippen molar-refractivity contribution in [1.29, 1.82) is 0 Å². The SMILES string of the molecule is CCCCCN(CC(=O)Nc1nccs1)C(=O)CCCC. The highest BCUT2D eigenvalue weighted by Crippen LogP contribution is 2.11. The average molecular weight is 311 g/mol. The molecule has 21 heavy (non-hydrogen) atoms. The van der Waals surface area contributed by atoms with Crippen LogP contribution < -0.4 is 5.32 Å². The van der Waals surface area contributed by atoms with Crippen molar-refractivity contribution in [3.63, 3.8) is 0 Å². The van der Waals surface area contributed by atoms with E-state index in [1.54, 1.807) is 16.5 Å². The minimum absolute atomic E-state index is 0.0715. The minimum Gasteiger partial charge on any atom is -0.333 e. The Kier molecular flexibility index (Phi) is 8.66. The van der Waals surface area contributed by atoms with Crippen molar-refractivity contribution in [2.75, 3.05) is 18.4 Å². The number of hydrogen-bond donors (Lipinski definition) is 1. The Hall–Kier alpha value is -1.43. The van der Waals surface area contributed by atoms with Crippen LogP contribution in [0.25, 0.3) is 0 Å². The van der Waals surface area contributed by atoms with Gasteiger partial charge in [-0.05, 0) is 12.8 Å². The van der Waals surface area contributed by atoms with E-state index in [9.17, 15) is 9.59 Å². The first-order chi connectivity index (χ1) is 10.2. The molecule has 0 aliphatic rings. The van der Waals surface area contributed by atoms with Gasteiger partial charge in [-0.3, -0.25) is 9.59 Å². The summed E-state index contributed by atoms with van der Waals surface area (Å²) in [5.74, 6) is -0.103. The Morgan fingerprint density at radius 1 is 1.24 bits per heavy atom. The van der Waals surface area contributed by atoms with Crippen LogP contribution in [0.5, 0.6) is 0 Å². The molecule has 0 radical (unpaired) electrons. The Morgan fingerprint density at radius 3 is 2.62 bits per heavy atom. The van der Waals surface area contributed by atoms with E-state index in [0.717, 1.165) is 32.1 Å². The molecular formula is C15H25N3O2S. The molecule has 0 fully saturated rings. The molecule has 1 rings (SSSR count). The van der Waals surface area contributed by atoms with Gasteiger partial charge in [-0.15, -0.1) is 11.3 Å². The Balaban J connectivity index is 2.49. The number of rotatable bonds is 10. The lowest BCUT2D eigenvalue weighted by atomic mass is 10.2. The van der Waals surface area contributed by atoms with E-state index in [1.807, 2.05) is 0 Å². The molecule has 1 heterocycles. The summed E-state index contributed by atoms with van der Waals surface area (Å²) in [6.07, 6.45) is 7.14. The molecule has 1 N–H and O–H groups in total. The Labute approximate surface area is 130 Å². The fourth-order valence-electron chi connectivity index (χ4n) is 1.95. The van der Waals surface area contributed by atoms with Crippen molar-refractivity contribution < 1.29 is 9.59 Å². The van der Waals surface area contributed by atoms with Crippen LogP contribution in [0.15, 0.2) is 11.6 Å². The third-order valence-corrected chi connectivity index (χ3v) is 3.83. The fourth-order valence-corrected chi connectivity index (χ4v) is 2.49. The number of aromatic nitrogens is 1. The molecule has 0 unspecified atom stereocenters. The van der Waals surface area contributed by atoms with E-state index >= 15 is 0 Å². The zero-order valence-electron chi connectivity index (χ0n) is 12.9. The first-order valence-corrected chi connectivity index (χ1v) is 8.52. The van der Waals surface area contributed by atoms with E-state index in [4.69, 9.17) is 0 Å². The van der Waals surface area contributed by atoms with Crippen LogP contribution in [0, 0.1) is 0 Å². The molecule has 6 heteroatoms. The molecule has 118 valence electrons. The molecule has 0 spiro atoms. The fraction of sp³-hybridized carbons (Fsp3) is 0.667. The highest BCUT2D eigenvalue weighted by atomic mass is 32.1. The molecule has 0 bridgehead atoms. The molecule has 0 saturated carbocycles. The van der Waals surface area contributed by atoms with Crippen LogP contribution in [0.4, 0.5) is 5.13 Å². The number of carbonyl (C=O) groups is 2. The molecule has 2 amide bonds. The lowest BCUT2D eigenvalue weighted by molar-refractivity contribution is -0.134. The summed E-state index contributed by atoms with van der Waals surface area (Å²) in [5, 5.41) is 5.11. The summed E-state index contributed by atoms with van der Waals surface area (Å²) in [7, 11) is 0. The number of thiazole rings is 1. The summed E-state index contributed by atoms with van der Waals surface area (Å²) in [6, 6.07) is 0. The number of amides is 2. The summed E-state index contributed by atoms with van der Waals surface area (Å²) < 4.78 is 0. The van der Waals surface area contributed by atoms with Crippen molar-refractivity contribution in [2.24, 2.45) is 0 Å². The van der Waals surface area contributed by atoms with Crippen molar-refractivity contribution in [3.8, 4) is 0 Å². The highest BCUT2D eigenvalue weighted by Gasteiger charge is 2.16. The van der Waals surface area contributed by atoms with Gasteiger partial charge in [0, 0.05) is 24.5 Å². The van der Waals surface area contributed by atoms with E-state index in [-0.39, 0.29) is 18.4 Å². The van der Waals surface area contributed by atoms with Crippen molar-refractivity contribution >= 4 is 28.3 Å². The first-order valence-electron chi connectivity index (χ1n) is 7.64. The van der Waals surface area contributed by atoms with Crippen molar-refractivity contribution in [2.45, 2.75) is 52.4 Å². The van der Waals surface area contributed by atoms with Crippen LogP contribution in [-0.2, 0) is 9.59 Å². The van der Waals surface area contributed by atoms with Gasteiger partial charge in [-0.1, -0.05) is 33.1 Å². The minimum atomic E-state index is -0.175. The molecule has 5 nitrogen and oxygen atoms in total. The van der Waals surface area contributed by atoms with Gasteiger partial charge in [0.15, 0.2) is 5.13 Å². The van der Waals surface area contributed by atoms with E-state index in [2.05, 4.69) is 24.1 Å². The van der Waals surface area contributed by atoms with E-state index < -0.39 is 0 Å². The van der Waals surface area contributed by atoms with E-state index in [0.29, 0.717) is 18.1 Å². The number of unbranched alkanes of at least 4 members (excludes halogenated alkanes) is 3. The van der Waals surface area contributed by atoms with Gasteiger partial charge in [0.05, 0.1) is 6.54 Å². The summed E-state index contributed by atoms with van der Waals surface area (Å²) in [4.78, 5) is 29.9. The van der Waals surface area contributed by atoms with Crippen LogP contribution in [0.1, 0.15) is 52.4 Å². The second-order valence-corrected chi connectivity index (χ2v) is 5.91. The number of nitrogens with one attached hydrogen (secondary N) is 1. The predicted octanol–water partition coefficient (Wildman–Crippen LogP) is 3.29. The van der Waals surface area contributed by atoms with Gasteiger partial charge in [-0.2, -0.15) is 0 Å². The third kappa shape index (κ3) is 7.22. The average Bonchev–Trinajstić information content (AvgIpc) is 2.96. The van der Waals surface area contributed by atoms with Gasteiger partial charge in [0.2, 0.25) is 11.8 Å². The monoisotopic (exact) mass is 311 g/mol. The topological polar surface area (TPSA) is 62.3 Å². The van der Waals surface area contributed by atoms with Gasteiger partial charge in [0.1, 0.15) is 0 Å².